The molecule has 1 N–H and O–H groups in total. The molecule has 0 aliphatic heterocycles. The maximum atomic E-state index is 12.0. The fourth-order valence-corrected chi connectivity index (χ4v) is 2.06. The molecule has 1 aromatic heterocycles. The molecule has 0 saturated heterocycles. The number of nitrogens with zero attached hydrogens (tertiary/aromatic N) is 2. The molecular formula is C16H21N3O2. The van der Waals surface area contributed by atoms with Crippen molar-refractivity contribution in [3.63, 3.8) is 0 Å². The van der Waals surface area contributed by atoms with E-state index in [2.05, 4.69) is 29.4 Å². The van der Waals surface area contributed by atoms with Crippen LogP contribution >= 0.6 is 0 Å². The second kappa shape index (κ2) is 7.02. The molecule has 0 unspecified atom stereocenters. The molecule has 5 heteroatoms. The number of carbonyl (C=O) groups excluding carboxylic acids is 1. The summed E-state index contributed by atoms with van der Waals surface area (Å²) in [7, 11) is 0. The van der Waals surface area contributed by atoms with Crippen LogP contribution < -0.4 is 5.32 Å². The molecule has 0 aliphatic carbocycles. The molecule has 0 atom stereocenters. The van der Waals surface area contributed by atoms with Crippen LogP contribution in [0.4, 0.5) is 5.69 Å². The number of hydrogen-bond acceptors (Lipinski definition) is 5. The number of rotatable bonds is 6. The first-order chi connectivity index (χ1) is 10.1. The maximum absolute atomic E-state index is 12.0. The van der Waals surface area contributed by atoms with Crippen LogP contribution in [0.2, 0.25) is 0 Å². The smallest absolute Gasteiger partial charge is 0.361 e. The van der Waals surface area contributed by atoms with E-state index >= 15 is 0 Å². The van der Waals surface area contributed by atoms with Crippen LogP contribution in [0.25, 0.3) is 10.9 Å². The Hall–Kier alpha value is -2.17. The van der Waals surface area contributed by atoms with Gasteiger partial charge in [0.05, 0.1) is 17.8 Å². The van der Waals surface area contributed by atoms with E-state index in [0.717, 1.165) is 23.9 Å². The molecule has 0 amide bonds. The minimum absolute atomic E-state index is 0.249. The summed E-state index contributed by atoms with van der Waals surface area (Å²) in [6.07, 6.45) is 1.01. The van der Waals surface area contributed by atoms with E-state index in [1.54, 1.807) is 6.92 Å². The first-order valence-corrected chi connectivity index (χ1v) is 7.30. The molecule has 0 saturated carbocycles. The number of nitrogens with one attached hydrogen (secondary N) is 1. The summed E-state index contributed by atoms with van der Waals surface area (Å²) in [6.45, 7) is 7.20. The lowest BCUT2D eigenvalue weighted by Crippen LogP contribution is -2.15. The van der Waals surface area contributed by atoms with Crippen molar-refractivity contribution < 1.29 is 9.53 Å². The summed E-state index contributed by atoms with van der Waals surface area (Å²) >= 11 is 0. The Morgan fingerprint density at radius 1 is 1.29 bits per heavy atom. The van der Waals surface area contributed by atoms with E-state index in [1.807, 2.05) is 24.3 Å². The number of anilines is 1. The van der Waals surface area contributed by atoms with Gasteiger partial charge in [0.1, 0.15) is 0 Å². The second-order valence-corrected chi connectivity index (χ2v) is 5.27. The van der Waals surface area contributed by atoms with Crippen LogP contribution in [0.3, 0.4) is 0 Å². The van der Waals surface area contributed by atoms with E-state index in [1.165, 1.54) is 0 Å². The third-order valence-corrected chi connectivity index (χ3v) is 3.16. The topological polar surface area (TPSA) is 64.1 Å². The van der Waals surface area contributed by atoms with Crippen LogP contribution in [0.5, 0.6) is 0 Å². The molecule has 5 nitrogen and oxygen atoms in total. The first-order valence-electron chi connectivity index (χ1n) is 7.30. The highest BCUT2D eigenvalue weighted by molar-refractivity contribution is 6.03. The number of carbonyl (C=O) groups is 1. The van der Waals surface area contributed by atoms with Crippen molar-refractivity contribution in [3.8, 4) is 0 Å². The van der Waals surface area contributed by atoms with Crippen LogP contribution in [0.1, 0.15) is 37.7 Å². The SMILES string of the molecule is CCOC(=O)c1nnc2ccccc2c1NCCC(C)C. The second-order valence-electron chi connectivity index (χ2n) is 5.27. The number of aromatic nitrogens is 2. The van der Waals surface area contributed by atoms with Crippen LogP contribution in [-0.4, -0.2) is 29.3 Å². The number of benzene rings is 1. The molecule has 0 aliphatic rings. The van der Waals surface area contributed by atoms with Crippen molar-refractivity contribution in [2.24, 2.45) is 5.92 Å². The van der Waals surface area contributed by atoms with Gasteiger partial charge in [0, 0.05) is 11.9 Å². The standard InChI is InChI=1S/C16H21N3O2/c1-4-21-16(20)15-14(17-10-9-11(2)3)12-7-5-6-8-13(12)18-19-15/h5-8,11H,4,9-10H2,1-3H3,(H,17,18). The molecular weight excluding hydrogens is 266 g/mol. The largest absolute Gasteiger partial charge is 0.461 e. The summed E-state index contributed by atoms with van der Waals surface area (Å²) in [5, 5.41) is 12.3. The van der Waals surface area contributed by atoms with Gasteiger partial charge in [-0.2, -0.15) is 0 Å². The average Bonchev–Trinajstić information content (AvgIpc) is 2.47. The Morgan fingerprint density at radius 2 is 2.05 bits per heavy atom. The quantitative estimate of drug-likeness (QED) is 0.826. The van der Waals surface area contributed by atoms with Crippen molar-refractivity contribution in [1.82, 2.24) is 10.2 Å². The van der Waals surface area contributed by atoms with Gasteiger partial charge in [-0.1, -0.05) is 32.0 Å². The van der Waals surface area contributed by atoms with Crippen LogP contribution in [0, 0.1) is 5.92 Å². The monoisotopic (exact) mass is 287 g/mol. The predicted octanol–water partition coefficient (Wildman–Crippen LogP) is 3.26. The van der Waals surface area contributed by atoms with Gasteiger partial charge in [0.25, 0.3) is 0 Å². The van der Waals surface area contributed by atoms with Gasteiger partial charge in [-0.3, -0.25) is 0 Å². The van der Waals surface area contributed by atoms with Crippen molar-refractivity contribution in [2.45, 2.75) is 27.2 Å². The van der Waals surface area contributed by atoms with Gasteiger partial charge in [0.15, 0.2) is 5.69 Å². The highest BCUT2D eigenvalue weighted by Gasteiger charge is 2.18. The Labute approximate surface area is 124 Å². The lowest BCUT2D eigenvalue weighted by molar-refractivity contribution is 0.0519. The lowest BCUT2D eigenvalue weighted by Gasteiger charge is -2.13. The molecule has 0 bridgehead atoms. The van der Waals surface area contributed by atoms with E-state index in [4.69, 9.17) is 4.74 Å². The third kappa shape index (κ3) is 3.68. The van der Waals surface area contributed by atoms with Crippen molar-refractivity contribution in [2.75, 3.05) is 18.5 Å². The van der Waals surface area contributed by atoms with Gasteiger partial charge >= 0.3 is 5.97 Å². The van der Waals surface area contributed by atoms with E-state index < -0.39 is 5.97 Å². The van der Waals surface area contributed by atoms with Crippen LogP contribution in [-0.2, 0) is 4.74 Å². The zero-order chi connectivity index (χ0) is 15.2. The van der Waals surface area contributed by atoms with E-state index in [9.17, 15) is 4.79 Å². The fraction of sp³-hybridized carbons (Fsp3) is 0.438. The predicted molar refractivity (Wildman–Crippen MR) is 83.4 cm³/mol. The molecule has 0 spiro atoms. The Balaban J connectivity index is 2.39. The molecule has 0 fully saturated rings. The summed E-state index contributed by atoms with van der Waals surface area (Å²) in [6, 6.07) is 7.64. The number of hydrogen-bond donors (Lipinski definition) is 1. The molecule has 0 radical (unpaired) electrons. The summed E-state index contributed by atoms with van der Waals surface area (Å²) < 4.78 is 5.06. The van der Waals surface area contributed by atoms with Crippen molar-refractivity contribution >= 4 is 22.6 Å². The van der Waals surface area contributed by atoms with E-state index in [0.29, 0.717) is 18.2 Å². The minimum atomic E-state index is -0.442. The third-order valence-electron chi connectivity index (χ3n) is 3.16. The minimum Gasteiger partial charge on any atom is -0.461 e. The van der Waals surface area contributed by atoms with Crippen molar-refractivity contribution in [1.29, 1.82) is 0 Å². The van der Waals surface area contributed by atoms with Crippen LogP contribution in [0.15, 0.2) is 24.3 Å². The van der Waals surface area contributed by atoms with E-state index in [-0.39, 0.29) is 5.69 Å². The number of esters is 1. The number of fused-ring (bicyclic) bond motifs is 1. The lowest BCUT2D eigenvalue weighted by atomic mass is 10.1. The fourth-order valence-electron chi connectivity index (χ4n) is 2.06. The average molecular weight is 287 g/mol. The number of ether oxygens (including phenoxy) is 1. The van der Waals surface area contributed by atoms with Gasteiger partial charge in [-0.15, -0.1) is 10.2 Å². The molecule has 1 aromatic carbocycles. The summed E-state index contributed by atoms with van der Waals surface area (Å²) in [4.78, 5) is 12.0. The molecule has 21 heavy (non-hydrogen) atoms. The van der Waals surface area contributed by atoms with Gasteiger partial charge in [0.2, 0.25) is 0 Å². The maximum Gasteiger partial charge on any atom is 0.361 e. The van der Waals surface area contributed by atoms with Gasteiger partial charge in [-0.25, -0.2) is 4.79 Å². The normalized spacial score (nSPS) is 10.9. The summed E-state index contributed by atoms with van der Waals surface area (Å²) in [5.74, 6) is 0.146. The Morgan fingerprint density at radius 3 is 2.76 bits per heavy atom. The molecule has 2 aromatic rings. The highest BCUT2D eigenvalue weighted by Crippen LogP contribution is 2.25. The molecule has 112 valence electrons. The Kier molecular flexibility index (Phi) is 5.09. The molecule has 2 rings (SSSR count). The highest BCUT2D eigenvalue weighted by atomic mass is 16.5. The zero-order valence-corrected chi connectivity index (χ0v) is 12.7. The molecule has 1 heterocycles. The zero-order valence-electron chi connectivity index (χ0n) is 12.7. The van der Waals surface area contributed by atoms with Gasteiger partial charge in [-0.05, 0) is 25.3 Å². The van der Waals surface area contributed by atoms with Gasteiger partial charge < -0.3 is 10.1 Å². The summed E-state index contributed by atoms with van der Waals surface area (Å²) in [5.41, 5.74) is 1.72. The first kappa shape index (κ1) is 15.2. The van der Waals surface area contributed by atoms with Crippen molar-refractivity contribution in [3.05, 3.63) is 30.0 Å². The Bertz CT molecular complexity index is 626.